The molecule has 0 unspecified atom stereocenters. The van der Waals surface area contributed by atoms with Crippen LogP contribution in [0.5, 0.6) is 5.75 Å². The van der Waals surface area contributed by atoms with Gasteiger partial charge in [0.15, 0.2) is 5.76 Å². The van der Waals surface area contributed by atoms with Crippen LogP contribution >= 0.6 is 0 Å². The van der Waals surface area contributed by atoms with E-state index in [1.54, 1.807) is 32.3 Å². The van der Waals surface area contributed by atoms with Gasteiger partial charge in [-0.15, -0.1) is 0 Å². The first-order valence-electron chi connectivity index (χ1n) is 6.02. The van der Waals surface area contributed by atoms with E-state index in [9.17, 15) is 14.9 Å². The van der Waals surface area contributed by atoms with Gasteiger partial charge in [0.1, 0.15) is 5.75 Å². The molecule has 1 rings (SSSR count). The highest BCUT2D eigenvalue weighted by Crippen LogP contribution is 2.20. The Bertz CT molecular complexity index is 618. The van der Waals surface area contributed by atoms with Gasteiger partial charge in [0.25, 0.3) is 5.91 Å². The summed E-state index contributed by atoms with van der Waals surface area (Å²) < 4.78 is 5.34. The minimum Gasteiger partial charge on any atom is -0.451 e. The van der Waals surface area contributed by atoms with Gasteiger partial charge < -0.3 is 9.64 Å². The lowest BCUT2D eigenvalue weighted by atomic mass is 10.2. The highest BCUT2D eigenvalue weighted by molar-refractivity contribution is 5.94. The minimum absolute atomic E-state index is 0.130. The second-order valence-corrected chi connectivity index (χ2v) is 4.30. The van der Waals surface area contributed by atoms with Gasteiger partial charge in [-0.05, 0) is 24.8 Å². The van der Waals surface area contributed by atoms with Gasteiger partial charge in [-0.25, -0.2) is 0 Å². The van der Waals surface area contributed by atoms with Crippen molar-refractivity contribution in [2.75, 3.05) is 14.1 Å². The Morgan fingerprint density at radius 1 is 1.43 bits per heavy atom. The van der Waals surface area contributed by atoms with Crippen LogP contribution in [0.1, 0.15) is 10.4 Å². The highest BCUT2D eigenvalue weighted by Gasteiger charge is 2.17. The van der Waals surface area contributed by atoms with Gasteiger partial charge in [0, 0.05) is 25.7 Å². The quantitative estimate of drug-likeness (QED) is 0.349. The first-order valence-corrected chi connectivity index (χ1v) is 6.02. The Morgan fingerprint density at radius 3 is 2.62 bits per heavy atom. The SMILES string of the molecule is C=C/C=C(\C(=C)Oc1cccc(C(=O)N(C)C)c1)[N+](=O)[O-]. The predicted molar refractivity (Wildman–Crippen MR) is 79.5 cm³/mol. The number of nitro groups is 1. The molecule has 6 heteroatoms. The fourth-order valence-electron chi connectivity index (χ4n) is 1.51. The molecular weight excluding hydrogens is 272 g/mol. The molecule has 1 amide bonds. The number of ether oxygens (including phenoxy) is 1. The van der Waals surface area contributed by atoms with Gasteiger partial charge in [0.2, 0.25) is 0 Å². The molecule has 0 heterocycles. The summed E-state index contributed by atoms with van der Waals surface area (Å²) in [6, 6.07) is 6.34. The molecule has 0 saturated heterocycles. The fourth-order valence-corrected chi connectivity index (χ4v) is 1.51. The average Bonchev–Trinajstić information content (AvgIpc) is 2.43. The summed E-state index contributed by atoms with van der Waals surface area (Å²) in [6.07, 6.45) is 2.47. The Balaban J connectivity index is 2.98. The Morgan fingerprint density at radius 2 is 2.10 bits per heavy atom. The van der Waals surface area contributed by atoms with Crippen LogP contribution in [0.15, 0.2) is 61.0 Å². The third-order valence-electron chi connectivity index (χ3n) is 2.49. The molecule has 0 aliphatic carbocycles. The number of amides is 1. The van der Waals surface area contributed by atoms with E-state index in [0.717, 1.165) is 0 Å². The summed E-state index contributed by atoms with van der Waals surface area (Å²) in [5.74, 6) is -0.0268. The van der Waals surface area contributed by atoms with Crippen molar-refractivity contribution in [1.82, 2.24) is 4.90 Å². The molecule has 1 aromatic carbocycles. The number of rotatable bonds is 6. The van der Waals surface area contributed by atoms with E-state index in [1.807, 2.05) is 0 Å². The molecular formula is C15H16N2O4. The van der Waals surface area contributed by atoms with Crippen LogP contribution in [0.2, 0.25) is 0 Å². The van der Waals surface area contributed by atoms with Crippen LogP contribution in [0.25, 0.3) is 0 Å². The maximum atomic E-state index is 11.8. The number of carbonyl (C=O) groups excluding carboxylic acids is 1. The largest absolute Gasteiger partial charge is 0.451 e. The Kier molecular flexibility index (Phi) is 5.42. The van der Waals surface area contributed by atoms with Crippen LogP contribution in [0.4, 0.5) is 0 Å². The number of hydrogen-bond acceptors (Lipinski definition) is 4. The number of hydrogen-bond donors (Lipinski definition) is 0. The van der Waals surface area contributed by atoms with E-state index >= 15 is 0 Å². The smallest absolute Gasteiger partial charge is 0.310 e. The molecule has 0 N–H and O–H groups in total. The van der Waals surface area contributed by atoms with Crippen molar-refractivity contribution in [3.8, 4) is 5.75 Å². The van der Waals surface area contributed by atoms with Crippen molar-refractivity contribution >= 4 is 5.91 Å². The molecule has 110 valence electrons. The zero-order chi connectivity index (χ0) is 16.0. The van der Waals surface area contributed by atoms with E-state index in [4.69, 9.17) is 4.74 Å². The topological polar surface area (TPSA) is 72.7 Å². The van der Waals surface area contributed by atoms with E-state index in [2.05, 4.69) is 13.2 Å². The van der Waals surface area contributed by atoms with Gasteiger partial charge in [-0.2, -0.15) is 0 Å². The van der Waals surface area contributed by atoms with Crippen molar-refractivity contribution < 1.29 is 14.5 Å². The molecule has 6 nitrogen and oxygen atoms in total. The second-order valence-electron chi connectivity index (χ2n) is 4.30. The van der Waals surface area contributed by atoms with E-state index in [1.165, 1.54) is 23.1 Å². The molecule has 0 bridgehead atoms. The van der Waals surface area contributed by atoms with Gasteiger partial charge in [0.05, 0.1) is 4.92 Å². The third-order valence-corrected chi connectivity index (χ3v) is 2.49. The lowest BCUT2D eigenvalue weighted by Gasteiger charge is -2.11. The standard InChI is InChI=1S/C15H16N2O4/c1-5-7-14(17(19)20)11(2)21-13-9-6-8-12(10-13)15(18)16(3)4/h5-10H,1-2H2,3-4H3/b14-7+. The van der Waals surface area contributed by atoms with Crippen molar-refractivity contribution in [2.24, 2.45) is 0 Å². The summed E-state index contributed by atoms with van der Waals surface area (Å²) in [5.41, 5.74) is 0.120. The molecule has 0 atom stereocenters. The monoisotopic (exact) mass is 288 g/mol. The van der Waals surface area contributed by atoms with Gasteiger partial charge >= 0.3 is 5.70 Å². The molecule has 0 spiro atoms. The van der Waals surface area contributed by atoms with Crippen LogP contribution < -0.4 is 4.74 Å². The summed E-state index contributed by atoms with van der Waals surface area (Å²) in [6.45, 7) is 6.93. The zero-order valence-electron chi connectivity index (χ0n) is 11.9. The van der Waals surface area contributed by atoms with E-state index in [0.29, 0.717) is 11.3 Å². The summed E-state index contributed by atoms with van der Waals surface area (Å²) in [4.78, 5) is 23.5. The van der Waals surface area contributed by atoms with Gasteiger partial charge in [-0.1, -0.05) is 18.7 Å². The van der Waals surface area contributed by atoms with Crippen LogP contribution in [0, 0.1) is 10.1 Å². The summed E-state index contributed by atoms with van der Waals surface area (Å²) in [7, 11) is 3.26. The molecule has 0 radical (unpaired) electrons. The normalized spacial score (nSPS) is 10.7. The predicted octanol–water partition coefficient (Wildman–Crippen LogP) is 2.63. The lowest BCUT2D eigenvalue weighted by molar-refractivity contribution is -0.423. The number of benzene rings is 1. The number of carbonyl (C=O) groups is 1. The average molecular weight is 288 g/mol. The van der Waals surface area contributed by atoms with Crippen molar-refractivity contribution in [3.63, 3.8) is 0 Å². The Hall–Kier alpha value is -2.89. The maximum Gasteiger partial charge on any atom is 0.310 e. The fraction of sp³-hybridized carbons (Fsp3) is 0.133. The van der Waals surface area contributed by atoms with Crippen molar-refractivity contribution in [2.45, 2.75) is 0 Å². The van der Waals surface area contributed by atoms with Crippen LogP contribution in [-0.4, -0.2) is 29.8 Å². The van der Waals surface area contributed by atoms with Crippen LogP contribution in [-0.2, 0) is 0 Å². The van der Waals surface area contributed by atoms with Gasteiger partial charge in [-0.3, -0.25) is 14.9 Å². The molecule has 1 aromatic rings. The maximum absolute atomic E-state index is 11.8. The van der Waals surface area contributed by atoms with E-state index in [-0.39, 0.29) is 17.4 Å². The van der Waals surface area contributed by atoms with E-state index < -0.39 is 4.92 Å². The molecule has 0 aliphatic heterocycles. The van der Waals surface area contributed by atoms with Crippen LogP contribution in [0.3, 0.4) is 0 Å². The summed E-state index contributed by atoms with van der Waals surface area (Å²) in [5, 5.41) is 10.9. The first-order chi connectivity index (χ1) is 9.86. The summed E-state index contributed by atoms with van der Waals surface area (Å²) >= 11 is 0. The number of nitrogens with zero attached hydrogens (tertiary/aromatic N) is 2. The Labute approximate surface area is 122 Å². The lowest BCUT2D eigenvalue weighted by Crippen LogP contribution is -2.21. The van der Waals surface area contributed by atoms with Crippen molar-refractivity contribution in [3.05, 3.63) is 76.7 Å². The molecule has 0 fully saturated rings. The highest BCUT2D eigenvalue weighted by atomic mass is 16.6. The first kappa shape index (κ1) is 16.2. The third kappa shape index (κ3) is 4.31. The molecule has 0 aromatic heterocycles. The molecule has 21 heavy (non-hydrogen) atoms. The number of allylic oxidation sites excluding steroid dienone is 2. The molecule has 0 aliphatic rings. The minimum atomic E-state index is -0.612. The second kappa shape index (κ2) is 7.04. The van der Waals surface area contributed by atoms with Crippen molar-refractivity contribution in [1.29, 1.82) is 0 Å². The zero-order valence-corrected chi connectivity index (χ0v) is 11.9. The molecule has 0 saturated carbocycles.